The fraction of sp³-hybridized carbons (Fsp3) is 0.200. The number of carbonyl (C=O) groups is 1. The standard InChI is InChI=1S/C20H15F3N4O/c21-13-6-11(5-12(8-13)19(22)23)7-14-9-17(27-10-26-14)18-15-1-4-25-20(28)16(15)2-3-24-18/h2-3,5-6,8-10,19H,1,4,7H2,(H,25,28)/i1D2,4D2,7D2. The second-order valence-corrected chi connectivity index (χ2v) is 5.77. The fourth-order valence-corrected chi connectivity index (χ4v) is 2.70. The molecule has 1 aromatic carbocycles. The molecule has 0 atom stereocenters. The maximum Gasteiger partial charge on any atom is 0.263 e. The molecule has 142 valence electrons. The summed E-state index contributed by atoms with van der Waals surface area (Å²) in [5, 5.41) is 1.96. The van der Waals surface area contributed by atoms with E-state index in [0.29, 0.717) is 6.07 Å². The maximum atomic E-state index is 13.9. The van der Waals surface area contributed by atoms with Crippen molar-refractivity contribution in [3.8, 4) is 11.4 Å². The number of benzene rings is 1. The summed E-state index contributed by atoms with van der Waals surface area (Å²) < 4.78 is 89.4. The van der Waals surface area contributed by atoms with Crippen molar-refractivity contribution in [2.45, 2.75) is 19.2 Å². The van der Waals surface area contributed by atoms with Crippen molar-refractivity contribution in [2.75, 3.05) is 6.50 Å². The molecule has 0 fully saturated rings. The lowest BCUT2D eigenvalue weighted by Crippen LogP contribution is -2.32. The van der Waals surface area contributed by atoms with Crippen LogP contribution in [-0.2, 0) is 12.7 Å². The quantitative estimate of drug-likeness (QED) is 0.741. The summed E-state index contributed by atoms with van der Waals surface area (Å²) in [6.07, 6.45) is -6.23. The number of halogens is 3. The van der Waals surface area contributed by atoms with Gasteiger partial charge >= 0.3 is 0 Å². The minimum atomic E-state index is -3.03. The number of pyridine rings is 1. The zero-order valence-corrected chi connectivity index (χ0v) is 14.0. The summed E-state index contributed by atoms with van der Waals surface area (Å²) in [5.74, 6) is -1.94. The van der Waals surface area contributed by atoms with Crippen LogP contribution in [0.5, 0.6) is 0 Å². The Hall–Kier alpha value is -3.29. The molecule has 3 aromatic rings. The van der Waals surface area contributed by atoms with Gasteiger partial charge in [0.05, 0.1) is 11.4 Å². The van der Waals surface area contributed by atoms with Crippen molar-refractivity contribution in [1.82, 2.24) is 20.3 Å². The Morgan fingerprint density at radius 1 is 1.21 bits per heavy atom. The second kappa shape index (κ2) is 7.38. The van der Waals surface area contributed by atoms with Gasteiger partial charge in [0.15, 0.2) is 0 Å². The van der Waals surface area contributed by atoms with Crippen molar-refractivity contribution in [2.24, 2.45) is 0 Å². The largest absolute Gasteiger partial charge is 0.352 e. The Morgan fingerprint density at radius 2 is 2.07 bits per heavy atom. The van der Waals surface area contributed by atoms with Crippen LogP contribution in [0.15, 0.2) is 42.9 Å². The van der Waals surface area contributed by atoms with Crippen molar-refractivity contribution in [3.63, 3.8) is 0 Å². The molecule has 1 aliphatic heterocycles. The highest BCUT2D eigenvalue weighted by Gasteiger charge is 2.21. The summed E-state index contributed by atoms with van der Waals surface area (Å²) in [6.45, 7) is -2.79. The Morgan fingerprint density at radius 3 is 2.89 bits per heavy atom. The van der Waals surface area contributed by atoms with Gasteiger partial charge in [0.2, 0.25) is 0 Å². The zero-order valence-electron chi connectivity index (χ0n) is 20.0. The first kappa shape index (κ1) is 12.2. The van der Waals surface area contributed by atoms with Gasteiger partial charge in [0.25, 0.3) is 12.3 Å². The molecule has 0 aliphatic carbocycles. The van der Waals surface area contributed by atoms with E-state index in [2.05, 4.69) is 15.0 Å². The molecule has 3 heterocycles. The zero-order chi connectivity index (χ0) is 25.1. The number of nitrogens with one attached hydrogen (secondary N) is 1. The van der Waals surface area contributed by atoms with E-state index >= 15 is 0 Å². The number of carbonyl (C=O) groups excluding carboxylic acids is 1. The molecule has 1 N–H and O–H groups in total. The SMILES string of the molecule is [2H]C([2H])(c1cc(F)cc(C(F)F)c1)c1cc(-c2nccc3c2C([2H])([2H])C([2H])([2H])NC3=O)ncn1. The van der Waals surface area contributed by atoms with E-state index < -0.39 is 48.5 Å². The molecule has 1 aliphatic rings. The van der Waals surface area contributed by atoms with Crippen LogP contribution in [0, 0.1) is 5.82 Å². The number of hydrogen-bond acceptors (Lipinski definition) is 4. The van der Waals surface area contributed by atoms with E-state index in [0.717, 1.165) is 24.5 Å². The number of amides is 1. The summed E-state index contributed by atoms with van der Waals surface area (Å²) in [4.78, 5) is 24.2. The lowest BCUT2D eigenvalue weighted by Gasteiger charge is -2.18. The lowest BCUT2D eigenvalue weighted by molar-refractivity contribution is 0.0946. The van der Waals surface area contributed by atoms with Crippen LogP contribution < -0.4 is 5.32 Å². The number of aromatic nitrogens is 3. The minimum absolute atomic E-state index is 0.148. The monoisotopic (exact) mass is 390 g/mol. The van der Waals surface area contributed by atoms with Gasteiger partial charge in [-0.1, -0.05) is 0 Å². The third-order valence-electron chi connectivity index (χ3n) is 3.91. The van der Waals surface area contributed by atoms with Gasteiger partial charge in [-0.15, -0.1) is 0 Å². The van der Waals surface area contributed by atoms with Crippen LogP contribution in [-0.4, -0.2) is 27.4 Å². The van der Waals surface area contributed by atoms with Crippen molar-refractivity contribution in [1.29, 1.82) is 0 Å². The molecule has 0 radical (unpaired) electrons. The third kappa shape index (κ3) is 3.58. The van der Waals surface area contributed by atoms with Crippen molar-refractivity contribution in [3.05, 3.63) is 76.6 Å². The van der Waals surface area contributed by atoms with Crippen LogP contribution in [0.1, 0.15) is 47.4 Å². The molecule has 0 bridgehead atoms. The fourth-order valence-electron chi connectivity index (χ4n) is 2.70. The molecule has 5 nitrogen and oxygen atoms in total. The number of alkyl halides is 2. The van der Waals surface area contributed by atoms with Gasteiger partial charge in [-0.25, -0.2) is 23.1 Å². The molecule has 28 heavy (non-hydrogen) atoms. The summed E-state index contributed by atoms with van der Waals surface area (Å²) in [7, 11) is 0. The Bertz CT molecular complexity index is 1310. The first-order valence-electron chi connectivity index (χ1n) is 11.0. The minimum Gasteiger partial charge on any atom is -0.352 e. The van der Waals surface area contributed by atoms with Crippen LogP contribution in [0.2, 0.25) is 0 Å². The highest BCUT2D eigenvalue weighted by atomic mass is 19.3. The molecule has 1 amide bonds. The molecule has 0 unspecified atom stereocenters. The van der Waals surface area contributed by atoms with Gasteiger partial charge in [0.1, 0.15) is 12.1 Å². The molecule has 0 saturated heterocycles. The molecule has 8 heteroatoms. The number of nitrogens with zero attached hydrogens (tertiary/aromatic N) is 3. The van der Waals surface area contributed by atoms with Crippen LogP contribution in [0.3, 0.4) is 0 Å². The molecule has 0 saturated carbocycles. The van der Waals surface area contributed by atoms with Crippen LogP contribution >= 0.6 is 0 Å². The molecule has 0 spiro atoms. The highest BCUT2D eigenvalue weighted by molar-refractivity contribution is 5.98. The van der Waals surface area contributed by atoms with E-state index in [4.69, 9.17) is 8.22 Å². The maximum absolute atomic E-state index is 13.9. The molecular weight excluding hydrogens is 369 g/mol. The average molecular weight is 390 g/mol. The Labute approximate surface area is 167 Å². The lowest BCUT2D eigenvalue weighted by atomic mass is 9.97. The van der Waals surface area contributed by atoms with Crippen LogP contribution in [0.4, 0.5) is 13.2 Å². The molecular formula is C20H15F3N4O. The van der Waals surface area contributed by atoms with E-state index in [9.17, 15) is 18.0 Å². The number of rotatable bonds is 4. The second-order valence-electron chi connectivity index (χ2n) is 5.77. The van der Waals surface area contributed by atoms with E-state index in [1.165, 1.54) is 12.3 Å². The average Bonchev–Trinajstić information content (AvgIpc) is 2.77. The first-order chi connectivity index (χ1) is 15.8. The third-order valence-corrected chi connectivity index (χ3v) is 3.91. The summed E-state index contributed by atoms with van der Waals surface area (Å²) in [6, 6.07) is 4.44. The van der Waals surface area contributed by atoms with Crippen LogP contribution in [0.25, 0.3) is 11.4 Å². The van der Waals surface area contributed by atoms with Gasteiger partial charge in [0, 0.05) is 44.1 Å². The van der Waals surface area contributed by atoms with E-state index in [1.807, 2.05) is 5.32 Å². The van der Waals surface area contributed by atoms with Gasteiger partial charge in [-0.3, -0.25) is 9.78 Å². The molecule has 2 aromatic heterocycles. The summed E-state index contributed by atoms with van der Waals surface area (Å²) in [5.41, 5.74) is -2.46. The molecule has 4 rings (SSSR count). The first-order valence-corrected chi connectivity index (χ1v) is 8.00. The van der Waals surface area contributed by atoms with E-state index in [1.54, 1.807) is 0 Å². The predicted molar refractivity (Wildman–Crippen MR) is 95.5 cm³/mol. The van der Waals surface area contributed by atoms with Gasteiger partial charge in [-0.2, -0.15) is 0 Å². The normalized spacial score (nSPS) is 20.6. The predicted octanol–water partition coefficient (Wildman–Crippen LogP) is 3.49. The number of fused-ring (bicyclic) bond motifs is 1. The van der Waals surface area contributed by atoms with E-state index in [-0.39, 0.29) is 28.2 Å². The van der Waals surface area contributed by atoms with Crippen molar-refractivity contribution < 1.29 is 26.2 Å². The summed E-state index contributed by atoms with van der Waals surface area (Å²) >= 11 is 0. The smallest absolute Gasteiger partial charge is 0.263 e. The van der Waals surface area contributed by atoms with Gasteiger partial charge in [-0.05, 0) is 47.8 Å². The Kier molecular flexibility index (Phi) is 3.22. The highest BCUT2D eigenvalue weighted by Crippen LogP contribution is 2.26. The van der Waals surface area contributed by atoms with Crippen molar-refractivity contribution >= 4 is 5.91 Å². The van der Waals surface area contributed by atoms with Gasteiger partial charge < -0.3 is 5.32 Å². The topological polar surface area (TPSA) is 67.8 Å². The Balaban J connectivity index is 1.88. The number of hydrogen-bond donors (Lipinski definition) is 1.